The lowest BCUT2D eigenvalue weighted by atomic mass is 10.2. The molecule has 2 aromatic carbocycles. The number of benzene rings is 2. The van der Waals surface area contributed by atoms with Crippen molar-refractivity contribution in [2.45, 2.75) is 0 Å². The first kappa shape index (κ1) is 10.5. The standard InChI is InChI=1S/C14H11N3O/c18-13-8-4-7-12(9-13)17-14(15-10-16-17)11-5-2-1-3-6-11/h1-10,18H. The van der Waals surface area contributed by atoms with Gasteiger partial charge in [-0.1, -0.05) is 36.4 Å². The summed E-state index contributed by atoms with van der Waals surface area (Å²) in [6.45, 7) is 0. The van der Waals surface area contributed by atoms with Gasteiger partial charge in [0.1, 0.15) is 12.1 Å². The maximum Gasteiger partial charge on any atom is 0.163 e. The molecule has 0 fully saturated rings. The van der Waals surface area contributed by atoms with Gasteiger partial charge < -0.3 is 5.11 Å². The van der Waals surface area contributed by atoms with Crippen molar-refractivity contribution >= 4 is 0 Å². The highest BCUT2D eigenvalue weighted by Gasteiger charge is 2.08. The molecule has 1 aromatic heterocycles. The van der Waals surface area contributed by atoms with Crippen molar-refractivity contribution in [3.63, 3.8) is 0 Å². The van der Waals surface area contributed by atoms with E-state index in [-0.39, 0.29) is 5.75 Å². The van der Waals surface area contributed by atoms with Gasteiger partial charge in [-0.25, -0.2) is 9.67 Å². The number of phenols is 1. The van der Waals surface area contributed by atoms with Crippen LogP contribution in [0, 0.1) is 0 Å². The Balaban J connectivity index is 2.13. The minimum Gasteiger partial charge on any atom is -0.508 e. The van der Waals surface area contributed by atoms with Gasteiger partial charge >= 0.3 is 0 Å². The zero-order valence-corrected chi connectivity index (χ0v) is 9.56. The van der Waals surface area contributed by atoms with Gasteiger partial charge in [0, 0.05) is 11.6 Å². The van der Waals surface area contributed by atoms with E-state index in [0.29, 0.717) is 0 Å². The maximum atomic E-state index is 9.51. The molecule has 0 bridgehead atoms. The number of phenolic OH excluding ortho intramolecular Hbond substituents is 1. The number of hydrogen-bond acceptors (Lipinski definition) is 3. The lowest BCUT2D eigenvalue weighted by Crippen LogP contribution is -1.99. The van der Waals surface area contributed by atoms with Crippen molar-refractivity contribution in [3.05, 3.63) is 60.9 Å². The van der Waals surface area contributed by atoms with Crippen LogP contribution in [-0.2, 0) is 0 Å². The van der Waals surface area contributed by atoms with Crippen LogP contribution in [0.3, 0.4) is 0 Å². The molecule has 1 N–H and O–H groups in total. The molecule has 0 unspecified atom stereocenters. The van der Waals surface area contributed by atoms with Gasteiger partial charge in [0.05, 0.1) is 5.69 Å². The molecule has 0 radical (unpaired) electrons. The van der Waals surface area contributed by atoms with Crippen LogP contribution < -0.4 is 0 Å². The minimum atomic E-state index is 0.210. The van der Waals surface area contributed by atoms with Crippen LogP contribution in [-0.4, -0.2) is 19.9 Å². The first-order valence-electron chi connectivity index (χ1n) is 5.59. The molecule has 0 saturated carbocycles. The van der Waals surface area contributed by atoms with Gasteiger partial charge in [0.2, 0.25) is 0 Å². The van der Waals surface area contributed by atoms with E-state index in [1.165, 1.54) is 6.33 Å². The first-order valence-corrected chi connectivity index (χ1v) is 5.59. The highest BCUT2D eigenvalue weighted by Crippen LogP contribution is 2.21. The Morgan fingerprint density at radius 3 is 2.56 bits per heavy atom. The fraction of sp³-hybridized carbons (Fsp3) is 0. The summed E-state index contributed by atoms with van der Waals surface area (Å²) in [6, 6.07) is 16.8. The number of rotatable bonds is 2. The maximum absolute atomic E-state index is 9.51. The molecule has 3 rings (SSSR count). The van der Waals surface area contributed by atoms with Crippen LogP contribution in [0.25, 0.3) is 17.1 Å². The molecule has 0 atom stereocenters. The summed E-state index contributed by atoms with van der Waals surface area (Å²) in [5, 5.41) is 13.7. The lowest BCUT2D eigenvalue weighted by molar-refractivity contribution is 0.475. The fourth-order valence-electron chi connectivity index (χ4n) is 1.84. The summed E-state index contributed by atoms with van der Waals surface area (Å²) in [4.78, 5) is 4.26. The van der Waals surface area contributed by atoms with E-state index < -0.39 is 0 Å². The molecule has 1 heterocycles. The lowest BCUT2D eigenvalue weighted by Gasteiger charge is -2.06. The van der Waals surface area contributed by atoms with Crippen molar-refractivity contribution in [3.8, 4) is 22.8 Å². The van der Waals surface area contributed by atoms with E-state index in [0.717, 1.165) is 17.1 Å². The van der Waals surface area contributed by atoms with Crippen LogP contribution >= 0.6 is 0 Å². The highest BCUT2D eigenvalue weighted by molar-refractivity contribution is 5.57. The van der Waals surface area contributed by atoms with Crippen molar-refractivity contribution in [2.75, 3.05) is 0 Å². The van der Waals surface area contributed by atoms with Crippen molar-refractivity contribution in [2.24, 2.45) is 0 Å². The van der Waals surface area contributed by atoms with Crippen molar-refractivity contribution < 1.29 is 5.11 Å². The van der Waals surface area contributed by atoms with E-state index in [4.69, 9.17) is 0 Å². The largest absolute Gasteiger partial charge is 0.508 e. The van der Waals surface area contributed by atoms with E-state index >= 15 is 0 Å². The van der Waals surface area contributed by atoms with Crippen molar-refractivity contribution in [1.29, 1.82) is 0 Å². The quantitative estimate of drug-likeness (QED) is 0.745. The zero-order valence-electron chi connectivity index (χ0n) is 9.56. The second kappa shape index (κ2) is 4.33. The summed E-state index contributed by atoms with van der Waals surface area (Å²) in [5.74, 6) is 0.961. The molecule has 88 valence electrons. The Morgan fingerprint density at radius 2 is 1.78 bits per heavy atom. The van der Waals surface area contributed by atoms with Gasteiger partial charge in [-0.2, -0.15) is 5.10 Å². The summed E-state index contributed by atoms with van der Waals surface area (Å²) in [6.07, 6.45) is 1.51. The van der Waals surface area contributed by atoms with E-state index in [9.17, 15) is 5.11 Å². The summed E-state index contributed by atoms with van der Waals surface area (Å²) < 4.78 is 1.70. The Morgan fingerprint density at radius 1 is 0.944 bits per heavy atom. The average Bonchev–Trinajstić information content (AvgIpc) is 2.89. The molecule has 4 heteroatoms. The Hall–Kier alpha value is -2.62. The molecule has 0 aliphatic heterocycles. The molecular weight excluding hydrogens is 226 g/mol. The monoisotopic (exact) mass is 237 g/mol. The number of hydrogen-bond donors (Lipinski definition) is 1. The SMILES string of the molecule is Oc1cccc(-n2ncnc2-c2ccccc2)c1. The smallest absolute Gasteiger partial charge is 0.163 e. The number of aromatic hydroxyl groups is 1. The summed E-state index contributed by atoms with van der Waals surface area (Å²) >= 11 is 0. The first-order chi connectivity index (χ1) is 8.84. The minimum absolute atomic E-state index is 0.210. The highest BCUT2D eigenvalue weighted by atomic mass is 16.3. The average molecular weight is 237 g/mol. The van der Waals surface area contributed by atoms with Gasteiger partial charge in [-0.3, -0.25) is 0 Å². The topological polar surface area (TPSA) is 50.9 Å². The number of nitrogens with zero attached hydrogens (tertiary/aromatic N) is 3. The van der Waals surface area contributed by atoms with Crippen LogP contribution in [0.4, 0.5) is 0 Å². The van der Waals surface area contributed by atoms with E-state index in [1.54, 1.807) is 22.9 Å². The second-order valence-corrected chi connectivity index (χ2v) is 3.88. The molecule has 4 nitrogen and oxygen atoms in total. The third kappa shape index (κ3) is 1.84. The van der Waals surface area contributed by atoms with E-state index in [2.05, 4.69) is 10.1 Å². The Bertz CT molecular complexity index is 662. The Labute approximate surface area is 104 Å². The molecule has 3 aromatic rings. The molecule has 0 aliphatic rings. The summed E-state index contributed by atoms with van der Waals surface area (Å²) in [5.41, 5.74) is 1.77. The predicted octanol–water partition coefficient (Wildman–Crippen LogP) is 2.64. The van der Waals surface area contributed by atoms with Crippen LogP contribution in [0.1, 0.15) is 0 Å². The van der Waals surface area contributed by atoms with Crippen molar-refractivity contribution in [1.82, 2.24) is 14.8 Å². The van der Waals surface area contributed by atoms with Gasteiger partial charge in [-0.05, 0) is 12.1 Å². The summed E-state index contributed by atoms with van der Waals surface area (Å²) in [7, 11) is 0. The molecule has 18 heavy (non-hydrogen) atoms. The number of aromatic nitrogens is 3. The molecule has 0 aliphatic carbocycles. The Kier molecular flexibility index (Phi) is 2.53. The predicted molar refractivity (Wildman–Crippen MR) is 68.5 cm³/mol. The normalized spacial score (nSPS) is 10.4. The van der Waals surface area contributed by atoms with Gasteiger partial charge in [0.15, 0.2) is 5.82 Å². The van der Waals surface area contributed by atoms with Gasteiger partial charge in [0.25, 0.3) is 0 Å². The fourth-order valence-corrected chi connectivity index (χ4v) is 1.84. The van der Waals surface area contributed by atoms with Gasteiger partial charge in [-0.15, -0.1) is 0 Å². The molecule has 0 spiro atoms. The molecule has 0 saturated heterocycles. The second-order valence-electron chi connectivity index (χ2n) is 3.88. The molecular formula is C14H11N3O. The van der Waals surface area contributed by atoms with E-state index in [1.807, 2.05) is 36.4 Å². The third-order valence-corrected chi connectivity index (χ3v) is 2.65. The van der Waals surface area contributed by atoms with Crippen LogP contribution in [0.2, 0.25) is 0 Å². The zero-order chi connectivity index (χ0) is 12.4. The molecule has 0 amide bonds. The third-order valence-electron chi connectivity index (χ3n) is 2.65. The van der Waals surface area contributed by atoms with Crippen LogP contribution in [0.15, 0.2) is 60.9 Å². The van der Waals surface area contributed by atoms with Crippen LogP contribution in [0.5, 0.6) is 5.75 Å².